The number of hydrogen-bond donors (Lipinski definition) is 1. The van der Waals surface area contributed by atoms with Crippen LogP contribution in [0.3, 0.4) is 0 Å². The molecule has 0 saturated carbocycles. The first-order valence-corrected chi connectivity index (χ1v) is 12.5. The Morgan fingerprint density at radius 3 is 2.88 bits per heavy atom. The molecular weight excluding hydrogens is 498 g/mol. The van der Waals surface area contributed by atoms with E-state index in [0.29, 0.717) is 5.92 Å². The van der Waals surface area contributed by atoms with Gasteiger partial charge in [-0.3, -0.25) is 4.90 Å². The van der Waals surface area contributed by atoms with Gasteiger partial charge in [-0.15, -0.1) is 0 Å². The van der Waals surface area contributed by atoms with E-state index in [9.17, 15) is 0 Å². The molecule has 1 atom stereocenters. The Hall–Kier alpha value is -2.41. The highest BCUT2D eigenvalue weighted by atomic mass is 79.9. The van der Waals surface area contributed by atoms with E-state index in [1.165, 1.54) is 24.0 Å². The number of halogens is 2. The van der Waals surface area contributed by atoms with Gasteiger partial charge in [0.1, 0.15) is 5.82 Å². The summed E-state index contributed by atoms with van der Waals surface area (Å²) in [6.45, 7) is 6.17. The van der Waals surface area contributed by atoms with Gasteiger partial charge < -0.3 is 5.32 Å². The summed E-state index contributed by atoms with van der Waals surface area (Å²) in [6, 6.07) is 18.7. The van der Waals surface area contributed by atoms with Crippen molar-refractivity contribution in [2.24, 2.45) is 5.92 Å². The summed E-state index contributed by atoms with van der Waals surface area (Å²) < 4.78 is 2.78. The molecule has 3 heterocycles. The van der Waals surface area contributed by atoms with Crippen LogP contribution in [0.25, 0.3) is 16.9 Å². The predicted molar refractivity (Wildman–Crippen MR) is 139 cm³/mol. The number of aromatic nitrogens is 3. The van der Waals surface area contributed by atoms with Crippen LogP contribution in [0.1, 0.15) is 24.0 Å². The topological polar surface area (TPSA) is 45.5 Å². The van der Waals surface area contributed by atoms with Crippen LogP contribution in [0, 0.1) is 12.8 Å². The van der Waals surface area contributed by atoms with E-state index in [1.807, 2.05) is 22.8 Å². The molecule has 0 spiro atoms. The molecule has 5 rings (SSSR count). The fourth-order valence-electron chi connectivity index (χ4n) is 4.66. The molecule has 4 aromatic rings. The fraction of sp³-hybridized carbons (Fsp3) is 0.308. The fourth-order valence-corrected chi connectivity index (χ4v) is 5.23. The minimum absolute atomic E-state index is 0.571. The predicted octanol–water partition coefficient (Wildman–Crippen LogP) is 6.44. The van der Waals surface area contributed by atoms with Crippen molar-refractivity contribution >= 4 is 39.0 Å². The third kappa shape index (κ3) is 5.08. The molecule has 1 N–H and O–H groups in total. The number of likely N-dealkylation sites (tertiary alicyclic amines) is 1. The van der Waals surface area contributed by atoms with Crippen LogP contribution in [0.2, 0.25) is 5.02 Å². The summed E-state index contributed by atoms with van der Waals surface area (Å²) in [5, 5.41) is 9.03. The van der Waals surface area contributed by atoms with Gasteiger partial charge in [0.25, 0.3) is 0 Å². The maximum atomic E-state index is 6.18. The average molecular weight is 525 g/mol. The highest BCUT2D eigenvalue weighted by Gasteiger charge is 2.21. The molecule has 0 amide bonds. The second-order valence-electron chi connectivity index (χ2n) is 8.82. The van der Waals surface area contributed by atoms with E-state index in [4.69, 9.17) is 16.6 Å². The van der Waals surface area contributed by atoms with Crippen molar-refractivity contribution in [2.75, 3.05) is 25.0 Å². The number of anilines is 1. The van der Waals surface area contributed by atoms with Gasteiger partial charge >= 0.3 is 0 Å². The lowest BCUT2D eigenvalue weighted by Gasteiger charge is -2.33. The summed E-state index contributed by atoms with van der Waals surface area (Å²) in [5.41, 5.74) is 5.40. The molecule has 0 radical (unpaired) electrons. The van der Waals surface area contributed by atoms with Crippen molar-refractivity contribution in [3.05, 3.63) is 81.4 Å². The van der Waals surface area contributed by atoms with Gasteiger partial charge in [-0.1, -0.05) is 48.0 Å². The quantitative estimate of drug-likeness (QED) is 0.315. The molecule has 7 heteroatoms. The first-order chi connectivity index (χ1) is 16.1. The zero-order valence-corrected chi connectivity index (χ0v) is 21.0. The minimum atomic E-state index is 0.571. The first kappa shape index (κ1) is 22.4. The van der Waals surface area contributed by atoms with Crippen molar-refractivity contribution < 1.29 is 0 Å². The van der Waals surface area contributed by atoms with Gasteiger partial charge in [0.15, 0.2) is 5.65 Å². The second-order valence-corrected chi connectivity index (χ2v) is 10.1. The Morgan fingerprint density at radius 2 is 2.03 bits per heavy atom. The molecular formula is C26H27BrClN5. The molecule has 1 fully saturated rings. The normalized spacial score (nSPS) is 16.9. The number of fused-ring (bicyclic) bond motifs is 1. The molecule has 2 aromatic heterocycles. The van der Waals surface area contributed by atoms with Crippen molar-refractivity contribution in [1.82, 2.24) is 19.5 Å². The number of benzene rings is 2. The molecule has 0 aliphatic carbocycles. The highest BCUT2D eigenvalue weighted by molar-refractivity contribution is 9.10. The van der Waals surface area contributed by atoms with E-state index in [0.717, 1.165) is 58.4 Å². The lowest BCUT2D eigenvalue weighted by Crippen LogP contribution is -2.37. The van der Waals surface area contributed by atoms with Gasteiger partial charge in [0, 0.05) is 36.3 Å². The Balaban J connectivity index is 1.33. The standard InChI is InChI=1S/C26H27BrClN5/c1-18-6-2-3-10-22(18)24-13-25(33-26(31-24)23(27)15-30-33)29-14-20-8-5-11-32(17-20)16-19-7-4-9-21(28)12-19/h2-4,6-7,9-10,12-13,15,20,29H,5,8,11,14,16-17H2,1H3. The Morgan fingerprint density at radius 1 is 1.15 bits per heavy atom. The van der Waals surface area contributed by atoms with Crippen molar-refractivity contribution in [1.29, 1.82) is 0 Å². The van der Waals surface area contributed by atoms with Crippen LogP contribution in [0.15, 0.2) is 65.3 Å². The van der Waals surface area contributed by atoms with Crippen LogP contribution in [0.4, 0.5) is 5.82 Å². The van der Waals surface area contributed by atoms with Crippen molar-refractivity contribution in [2.45, 2.75) is 26.3 Å². The summed E-state index contributed by atoms with van der Waals surface area (Å²) in [5.74, 6) is 1.54. The minimum Gasteiger partial charge on any atom is -0.370 e. The van der Waals surface area contributed by atoms with Crippen LogP contribution < -0.4 is 5.32 Å². The van der Waals surface area contributed by atoms with Crippen LogP contribution >= 0.6 is 27.5 Å². The number of hydrogen-bond acceptors (Lipinski definition) is 4. The number of rotatable bonds is 6. The highest BCUT2D eigenvalue weighted by Crippen LogP contribution is 2.28. The van der Waals surface area contributed by atoms with E-state index < -0.39 is 0 Å². The largest absolute Gasteiger partial charge is 0.370 e. The zero-order valence-electron chi connectivity index (χ0n) is 18.6. The monoisotopic (exact) mass is 523 g/mol. The maximum absolute atomic E-state index is 6.18. The Kier molecular flexibility index (Phi) is 6.67. The first-order valence-electron chi connectivity index (χ1n) is 11.4. The third-order valence-electron chi connectivity index (χ3n) is 6.32. The van der Waals surface area contributed by atoms with Gasteiger partial charge in [-0.25, -0.2) is 4.98 Å². The van der Waals surface area contributed by atoms with Gasteiger partial charge in [0.2, 0.25) is 0 Å². The third-order valence-corrected chi connectivity index (χ3v) is 7.11. The van der Waals surface area contributed by atoms with E-state index >= 15 is 0 Å². The Bertz CT molecular complexity index is 1270. The molecule has 1 aliphatic heterocycles. The number of piperidine rings is 1. The molecule has 1 aliphatic rings. The smallest absolute Gasteiger partial charge is 0.172 e. The molecule has 33 heavy (non-hydrogen) atoms. The zero-order chi connectivity index (χ0) is 22.8. The van der Waals surface area contributed by atoms with Crippen molar-refractivity contribution in [3.63, 3.8) is 0 Å². The van der Waals surface area contributed by atoms with E-state index in [2.05, 4.69) is 80.6 Å². The molecule has 5 nitrogen and oxygen atoms in total. The lowest BCUT2D eigenvalue weighted by molar-refractivity contribution is 0.173. The average Bonchev–Trinajstić information content (AvgIpc) is 3.19. The summed E-state index contributed by atoms with van der Waals surface area (Å²) in [6.07, 6.45) is 4.24. The summed E-state index contributed by atoms with van der Waals surface area (Å²) in [4.78, 5) is 7.42. The summed E-state index contributed by atoms with van der Waals surface area (Å²) >= 11 is 9.79. The molecule has 0 bridgehead atoms. The SMILES string of the molecule is Cc1ccccc1-c1cc(NCC2CCCN(Cc3cccc(Cl)c3)C2)n2ncc(Br)c2n1. The molecule has 170 valence electrons. The number of nitrogens with zero attached hydrogens (tertiary/aromatic N) is 4. The number of aryl methyl sites for hydroxylation is 1. The maximum Gasteiger partial charge on any atom is 0.172 e. The van der Waals surface area contributed by atoms with Crippen LogP contribution in [0.5, 0.6) is 0 Å². The molecule has 1 saturated heterocycles. The van der Waals surface area contributed by atoms with Gasteiger partial charge in [-0.05, 0) is 71.4 Å². The molecule has 2 aromatic carbocycles. The molecule has 1 unspecified atom stereocenters. The van der Waals surface area contributed by atoms with Gasteiger partial charge in [0.05, 0.1) is 16.4 Å². The van der Waals surface area contributed by atoms with Gasteiger partial charge in [-0.2, -0.15) is 9.61 Å². The van der Waals surface area contributed by atoms with E-state index in [1.54, 1.807) is 0 Å². The lowest BCUT2D eigenvalue weighted by atomic mass is 9.97. The van der Waals surface area contributed by atoms with Crippen LogP contribution in [-0.4, -0.2) is 39.1 Å². The Labute approximate surface area is 207 Å². The number of nitrogens with one attached hydrogen (secondary N) is 1. The summed E-state index contributed by atoms with van der Waals surface area (Å²) in [7, 11) is 0. The van der Waals surface area contributed by atoms with Crippen LogP contribution in [-0.2, 0) is 6.54 Å². The second kappa shape index (κ2) is 9.84. The van der Waals surface area contributed by atoms with E-state index in [-0.39, 0.29) is 0 Å². The van der Waals surface area contributed by atoms with Crippen molar-refractivity contribution in [3.8, 4) is 11.3 Å².